The quantitative estimate of drug-likeness (QED) is 0.697. The van der Waals surface area contributed by atoms with Gasteiger partial charge in [0.15, 0.2) is 5.65 Å². The van der Waals surface area contributed by atoms with Crippen LogP contribution in [0.15, 0.2) is 57.4 Å². The fourth-order valence-electron chi connectivity index (χ4n) is 1.56. The van der Waals surface area contributed by atoms with Crippen LogP contribution in [0.1, 0.15) is 0 Å². The molecule has 2 aromatic heterocycles. The first-order chi connectivity index (χ1) is 8.72. The van der Waals surface area contributed by atoms with Crippen molar-refractivity contribution in [2.45, 2.75) is 9.92 Å². The van der Waals surface area contributed by atoms with Gasteiger partial charge < -0.3 is 4.40 Å². The van der Waals surface area contributed by atoms with Crippen LogP contribution in [0.25, 0.3) is 5.65 Å². The van der Waals surface area contributed by atoms with E-state index in [1.165, 1.54) is 0 Å². The maximum Gasteiger partial charge on any atom is 0.170 e. The van der Waals surface area contributed by atoms with Crippen LogP contribution in [0, 0.1) is 0 Å². The van der Waals surface area contributed by atoms with Crippen LogP contribution in [0.5, 0.6) is 0 Å². The molecular formula is C12H7BrClN3S. The number of benzene rings is 1. The fourth-order valence-corrected chi connectivity index (χ4v) is 3.09. The summed E-state index contributed by atoms with van der Waals surface area (Å²) in [6.45, 7) is 0. The molecule has 0 saturated heterocycles. The summed E-state index contributed by atoms with van der Waals surface area (Å²) in [7, 11) is 0. The number of nitrogens with zero attached hydrogens (tertiary/aromatic N) is 3. The summed E-state index contributed by atoms with van der Waals surface area (Å²) in [6.07, 6.45) is 5.54. The minimum atomic E-state index is 0.729. The van der Waals surface area contributed by atoms with Gasteiger partial charge in [0.25, 0.3) is 0 Å². The van der Waals surface area contributed by atoms with E-state index in [0.717, 1.165) is 25.2 Å². The Morgan fingerprint density at radius 2 is 2.00 bits per heavy atom. The Hall–Kier alpha value is -1.04. The monoisotopic (exact) mass is 339 g/mol. The van der Waals surface area contributed by atoms with Gasteiger partial charge in [0.2, 0.25) is 0 Å². The van der Waals surface area contributed by atoms with E-state index in [9.17, 15) is 0 Å². The van der Waals surface area contributed by atoms with E-state index in [1.54, 1.807) is 18.0 Å². The lowest BCUT2D eigenvalue weighted by Gasteiger charge is -2.04. The second-order valence-corrected chi connectivity index (χ2v) is 5.89. The van der Waals surface area contributed by atoms with Gasteiger partial charge in [-0.1, -0.05) is 23.4 Å². The predicted octanol–water partition coefficient (Wildman–Crippen LogP) is 4.30. The molecule has 90 valence electrons. The van der Waals surface area contributed by atoms with Crippen molar-refractivity contribution < 1.29 is 0 Å². The highest BCUT2D eigenvalue weighted by atomic mass is 79.9. The second-order valence-electron chi connectivity index (χ2n) is 3.58. The zero-order chi connectivity index (χ0) is 12.5. The van der Waals surface area contributed by atoms with Gasteiger partial charge >= 0.3 is 0 Å². The smallest absolute Gasteiger partial charge is 0.170 e. The molecule has 0 fully saturated rings. The minimum absolute atomic E-state index is 0.729. The molecule has 0 N–H and O–H groups in total. The molecule has 0 aliphatic rings. The Bertz CT molecular complexity index is 696. The van der Waals surface area contributed by atoms with Gasteiger partial charge in [-0.25, -0.2) is 9.97 Å². The number of fused-ring (bicyclic) bond motifs is 1. The van der Waals surface area contributed by atoms with Gasteiger partial charge in [0, 0.05) is 28.5 Å². The lowest BCUT2D eigenvalue weighted by atomic mass is 10.4. The average Bonchev–Trinajstić information content (AvgIpc) is 2.80. The predicted molar refractivity (Wildman–Crippen MR) is 76.3 cm³/mol. The highest BCUT2D eigenvalue weighted by Crippen LogP contribution is 2.30. The molecule has 0 atom stereocenters. The lowest BCUT2D eigenvalue weighted by Crippen LogP contribution is -1.91. The highest BCUT2D eigenvalue weighted by molar-refractivity contribution is 9.10. The maximum atomic E-state index is 5.87. The summed E-state index contributed by atoms with van der Waals surface area (Å²) in [5.41, 5.74) is 0.846. The number of rotatable bonds is 2. The van der Waals surface area contributed by atoms with E-state index in [0.29, 0.717) is 0 Å². The largest absolute Gasteiger partial charge is 0.302 e. The molecule has 0 radical (unpaired) electrons. The zero-order valence-electron chi connectivity index (χ0n) is 9.05. The number of imidazole rings is 1. The normalized spacial score (nSPS) is 11.0. The van der Waals surface area contributed by atoms with Crippen molar-refractivity contribution in [1.29, 1.82) is 0 Å². The Kier molecular flexibility index (Phi) is 3.28. The van der Waals surface area contributed by atoms with Crippen molar-refractivity contribution >= 4 is 44.9 Å². The third-order valence-electron chi connectivity index (χ3n) is 2.34. The molecular weight excluding hydrogens is 334 g/mol. The van der Waals surface area contributed by atoms with Crippen molar-refractivity contribution in [3.05, 3.63) is 52.5 Å². The molecule has 3 aromatic rings. The van der Waals surface area contributed by atoms with E-state index < -0.39 is 0 Å². The Morgan fingerprint density at radius 3 is 2.78 bits per heavy atom. The summed E-state index contributed by atoms with van der Waals surface area (Å²) in [4.78, 5) is 9.84. The second kappa shape index (κ2) is 4.91. The summed E-state index contributed by atoms with van der Waals surface area (Å²) < 4.78 is 2.72. The molecule has 0 saturated carbocycles. The molecule has 0 amide bonds. The van der Waals surface area contributed by atoms with Crippen LogP contribution in [0.3, 0.4) is 0 Å². The molecule has 3 rings (SSSR count). The van der Waals surface area contributed by atoms with Gasteiger partial charge in [-0.15, -0.1) is 0 Å². The molecule has 6 heteroatoms. The summed E-state index contributed by atoms with van der Waals surface area (Å²) in [6, 6.07) is 7.67. The average molecular weight is 341 g/mol. The highest BCUT2D eigenvalue weighted by Gasteiger charge is 2.08. The Balaban J connectivity index is 2.03. The van der Waals surface area contributed by atoms with E-state index in [1.807, 2.05) is 41.1 Å². The molecule has 3 nitrogen and oxygen atoms in total. The van der Waals surface area contributed by atoms with Crippen LogP contribution in [0.2, 0.25) is 5.02 Å². The summed E-state index contributed by atoms with van der Waals surface area (Å²) in [5, 5.41) is 1.59. The van der Waals surface area contributed by atoms with Gasteiger partial charge in [-0.05, 0) is 40.2 Å². The first-order valence-corrected chi connectivity index (χ1v) is 7.14. The Morgan fingerprint density at radius 1 is 1.22 bits per heavy atom. The van der Waals surface area contributed by atoms with Gasteiger partial charge in [0.05, 0.1) is 0 Å². The maximum absolute atomic E-state index is 5.87. The van der Waals surface area contributed by atoms with Crippen molar-refractivity contribution in [3.8, 4) is 0 Å². The van der Waals surface area contributed by atoms with Crippen LogP contribution >= 0.6 is 39.3 Å². The summed E-state index contributed by atoms with van der Waals surface area (Å²) in [5.74, 6) is 0. The number of aromatic nitrogens is 3. The zero-order valence-corrected chi connectivity index (χ0v) is 12.2. The molecule has 0 aliphatic heterocycles. The number of hydrogen-bond acceptors (Lipinski definition) is 3. The molecule has 0 aliphatic carbocycles. The molecule has 0 unspecified atom stereocenters. The van der Waals surface area contributed by atoms with E-state index in [2.05, 4.69) is 25.9 Å². The van der Waals surface area contributed by atoms with Crippen molar-refractivity contribution in [1.82, 2.24) is 14.4 Å². The topological polar surface area (TPSA) is 30.2 Å². The molecule has 0 bridgehead atoms. The molecule has 18 heavy (non-hydrogen) atoms. The SMILES string of the molecule is Clc1ccc(Sc2nc(Br)cn3ccnc23)cc1. The van der Waals surface area contributed by atoms with Crippen LogP contribution in [0.4, 0.5) is 0 Å². The van der Waals surface area contributed by atoms with E-state index >= 15 is 0 Å². The van der Waals surface area contributed by atoms with Gasteiger partial charge in [-0.2, -0.15) is 0 Å². The van der Waals surface area contributed by atoms with Crippen molar-refractivity contribution in [2.24, 2.45) is 0 Å². The molecule has 2 heterocycles. The fraction of sp³-hybridized carbons (Fsp3) is 0. The minimum Gasteiger partial charge on any atom is -0.302 e. The third kappa shape index (κ3) is 2.39. The number of hydrogen-bond donors (Lipinski definition) is 0. The van der Waals surface area contributed by atoms with E-state index in [4.69, 9.17) is 11.6 Å². The van der Waals surface area contributed by atoms with Crippen LogP contribution < -0.4 is 0 Å². The first kappa shape index (κ1) is 12.0. The Labute approximate surface area is 121 Å². The van der Waals surface area contributed by atoms with E-state index in [-0.39, 0.29) is 0 Å². The lowest BCUT2D eigenvalue weighted by molar-refractivity contribution is 1.01. The number of halogens is 2. The molecule has 0 spiro atoms. The summed E-state index contributed by atoms with van der Waals surface area (Å²) >= 11 is 10.8. The standard InChI is InChI=1S/C12H7BrClN3S/c13-10-7-17-6-5-15-11(17)12(16-10)18-9-3-1-8(14)2-4-9/h1-7H. The van der Waals surface area contributed by atoms with Gasteiger partial charge in [-0.3, -0.25) is 0 Å². The van der Waals surface area contributed by atoms with Crippen LogP contribution in [-0.4, -0.2) is 14.4 Å². The van der Waals surface area contributed by atoms with Crippen molar-refractivity contribution in [2.75, 3.05) is 0 Å². The van der Waals surface area contributed by atoms with Crippen molar-refractivity contribution in [3.63, 3.8) is 0 Å². The first-order valence-electron chi connectivity index (χ1n) is 5.15. The van der Waals surface area contributed by atoms with Crippen LogP contribution in [-0.2, 0) is 0 Å². The molecule has 1 aromatic carbocycles. The van der Waals surface area contributed by atoms with Gasteiger partial charge in [0.1, 0.15) is 9.63 Å². The third-order valence-corrected chi connectivity index (χ3v) is 3.95.